The molecule has 2 N–H and O–H groups in total. The van der Waals surface area contributed by atoms with Crippen LogP contribution in [0.2, 0.25) is 0 Å². The van der Waals surface area contributed by atoms with E-state index in [0.717, 1.165) is 49.8 Å². The quantitative estimate of drug-likeness (QED) is 0.289. The number of benzene rings is 2. The van der Waals surface area contributed by atoms with E-state index in [-0.39, 0.29) is 18.0 Å². The molecule has 7 rings (SSSR count). The van der Waals surface area contributed by atoms with Crippen LogP contribution in [0.15, 0.2) is 52.5 Å². The van der Waals surface area contributed by atoms with Crippen molar-refractivity contribution in [3.8, 4) is 0 Å². The van der Waals surface area contributed by atoms with Crippen LogP contribution in [-0.2, 0) is 6.42 Å². The minimum Gasteiger partial charge on any atom is -0.340 e. The number of alkyl halides is 1. The van der Waals surface area contributed by atoms with Gasteiger partial charge in [0.05, 0.1) is 29.3 Å². The third-order valence-electron chi connectivity index (χ3n) is 10.4. The lowest BCUT2D eigenvalue weighted by Gasteiger charge is -2.61. The molecule has 7 nitrogen and oxygen atoms in total. The highest BCUT2D eigenvalue weighted by atomic mass is 19.1. The average Bonchev–Trinajstić information content (AvgIpc) is 2.97. The average molecular weight is 595 g/mol. The molecule has 1 unspecified atom stereocenters. The monoisotopic (exact) mass is 594 g/mol. The molecule has 2 heterocycles. The second-order valence-corrected chi connectivity index (χ2v) is 13.3. The lowest BCUT2D eigenvalue weighted by atomic mass is 9.45. The summed E-state index contributed by atoms with van der Waals surface area (Å²) in [4.78, 5) is 25.5. The maximum absolute atomic E-state index is 14.3. The molecule has 2 bridgehead atoms. The Labute approximate surface area is 250 Å². The van der Waals surface area contributed by atoms with Gasteiger partial charge in [0.1, 0.15) is 18.3 Å². The standard InChI is InChI=1S/C33H41F3N6O/c1-19-17-41(10-9-37-19)32(40-29-13-22-12-27(20(29)2)33(22,3)4)39-24-7-8-26-30(15-24)38-18-42(31(26)43)25(16-34)11-21-5-6-23(35)14-28(21)36/h5-8,14-15,18-20,22,25,27,29,37H,9-13,16-17H2,1-4H3,(H,39,40)/t19-,20-,22-,25-,27+,29?/m0/s1. The van der Waals surface area contributed by atoms with Crippen molar-refractivity contribution in [2.24, 2.45) is 28.2 Å². The fraction of sp³-hybridized carbons (Fsp3) is 0.545. The van der Waals surface area contributed by atoms with Crippen molar-refractivity contribution >= 4 is 22.5 Å². The SMILES string of the molecule is C[C@@H]1C(N=C(Nc2ccc3c(=O)n([C@H](CF)Cc4ccc(F)cc4F)cnc3c2)N2CCN[C@@H](C)C2)C[C@@H]2C[C@H]1C2(C)C. The largest absolute Gasteiger partial charge is 0.340 e. The third kappa shape index (κ3) is 5.66. The number of nitrogens with one attached hydrogen (secondary N) is 2. The van der Waals surface area contributed by atoms with Gasteiger partial charge in [-0.3, -0.25) is 9.36 Å². The number of halogens is 3. The molecule has 43 heavy (non-hydrogen) atoms. The molecule has 2 aromatic carbocycles. The zero-order valence-corrected chi connectivity index (χ0v) is 25.3. The summed E-state index contributed by atoms with van der Waals surface area (Å²) in [7, 11) is 0. The van der Waals surface area contributed by atoms with E-state index in [4.69, 9.17) is 4.99 Å². The molecular formula is C33H41F3N6O. The summed E-state index contributed by atoms with van der Waals surface area (Å²) >= 11 is 0. The van der Waals surface area contributed by atoms with E-state index in [1.54, 1.807) is 6.07 Å². The summed E-state index contributed by atoms with van der Waals surface area (Å²) in [5.41, 5.74) is 1.35. The first-order valence-corrected chi connectivity index (χ1v) is 15.4. The molecule has 0 amide bonds. The van der Waals surface area contributed by atoms with Crippen molar-refractivity contribution in [1.82, 2.24) is 19.8 Å². The van der Waals surface area contributed by atoms with Crippen LogP contribution in [0.25, 0.3) is 10.9 Å². The fourth-order valence-electron chi connectivity index (χ4n) is 7.54. The molecule has 0 radical (unpaired) electrons. The predicted molar refractivity (Wildman–Crippen MR) is 164 cm³/mol. The molecule has 1 saturated heterocycles. The van der Waals surface area contributed by atoms with E-state index < -0.39 is 29.9 Å². The Bertz CT molecular complexity index is 1590. The second kappa shape index (κ2) is 11.6. The third-order valence-corrected chi connectivity index (χ3v) is 10.4. The van der Waals surface area contributed by atoms with Gasteiger partial charge in [0.25, 0.3) is 5.56 Å². The van der Waals surface area contributed by atoms with Crippen LogP contribution in [0.3, 0.4) is 0 Å². The number of rotatable bonds is 6. The van der Waals surface area contributed by atoms with Crippen molar-refractivity contribution in [3.63, 3.8) is 0 Å². The smallest absolute Gasteiger partial charge is 0.261 e. The molecule has 4 fully saturated rings. The maximum Gasteiger partial charge on any atom is 0.261 e. The van der Waals surface area contributed by atoms with E-state index >= 15 is 0 Å². The lowest BCUT2D eigenvalue weighted by molar-refractivity contribution is -0.108. The summed E-state index contributed by atoms with van der Waals surface area (Å²) < 4.78 is 42.9. The van der Waals surface area contributed by atoms with Crippen LogP contribution in [-0.4, -0.2) is 58.8 Å². The van der Waals surface area contributed by atoms with E-state index in [9.17, 15) is 18.0 Å². The first kappa shape index (κ1) is 29.7. The van der Waals surface area contributed by atoms with Gasteiger partial charge < -0.3 is 15.5 Å². The normalized spacial score (nSPS) is 27.6. The van der Waals surface area contributed by atoms with Crippen molar-refractivity contribution in [2.75, 3.05) is 31.6 Å². The zero-order chi connectivity index (χ0) is 30.5. The minimum absolute atomic E-state index is 0.100. The Balaban J connectivity index is 1.27. The van der Waals surface area contributed by atoms with Gasteiger partial charge in [0.2, 0.25) is 0 Å². The highest BCUT2D eigenvalue weighted by Crippen LogP contribution is 2.61. The summed E-state index contributed by atoms with van der Waals surface area (Å²) in [5.74, 6) is 1.25. The first-order valence-electron chi connectivity index (χ1n) is 15.4. The number of fused-ring (bicyclic) bond motifs is 3. The molecular weight excluding hydrogens is 553 g/mol. The van der Waals surface area contributed by atoms with Crippen LogP contribution < -0.4 is 16.2 Å². The Morgan fingerprint density at radius 3 is 2.70 bits per heavy atom. The van der Waals surface area contributed by atoms with Crippen molar-refractivity contribution in [3.05, 3.63) is 70.3 Å². The number of hydrogen-bond acceptors (Lipinski definition) is 4. The number of aromatic nitrogens is 2. The molecule has 0 spiro atoms. The van der Waals surface area contributed by atoms with Gasteiger partial charge in [-0.15, -0.1) is 0 Å². The molecule has 3 saturated carbocycles. The van der Waals surface area contributed by atoms with E-state index in [0.29, 0.717) is 40.1 Å². The zero-order valence-electron chi connectivity index (χ0n) is 25.3. The second-order valence-electron chi connectivity index (χ2n) is 13.3. The topological polar surface area (TPSA) is 74.5 Å². The minimum atomic E-state index is -0.968. The molecule has 1 aromatic heterocycles. The van der Waals surface area contributed by atoms with Gasteiger partial charge in [0.15, 0.2) is 5.96 Å². The summed E-state index contributed by atoms with van der Waals surface area (Å²) in [6.07, 6.45) is 3.60. The van der Waals surface area contributed by atoms with Crippen LogP contribution in [0, 0.1) is 34.8 Å². The van der Waals surface area contributed by atoms with Crippen LogP contribution >= 0.6 is 0 Å². The fourth-order valence-corrected chi connectivity index (χ4v) is 7.54. The Kier molecular flexibility index (Phi) is 8.00. The molecule has 6 atom stereocenters. The van der Waals surface area contributed by atoms with Crippen molar-refractivity contribution < 1.29 is 13.2 Å². The molecule has 10 heteroatoms. The summed E-state index contributed by atoms with van der Waals surface area (Å²) in [6, 6.07) is 8.11. The predicted octanol–water partition coefficient (Wildman–Crippen LogP) is 5.56. The maximum atomic E-state index is 14.3. The van der Waals surface area contributed by atoms with Gasteiger partial charge in [-0.1, -0.05) is 26.8 Å². The van der Waals surface area contributed by atoms with Crippen LogP contribution in [0.4, 0.5) is 18.9 Å². The Morgan fingerprint density at radius 1 is 1.19 bits per heavy atom. The van der Waals surface area contributed by atoms with E-state index in [1.807, 2.05) is 12.1 Å². The van der Waals surface area contributed by atoms with Crippen molar-refractivity contribution in [1.29, 1.82) is 0 Å². The van der Waals surface area contributed by atoms with Crippen LogP contribution in [0.5, 0.6) is 0 Å². The Morgan fingerprint density at radius 2 is 2.00 bits per heavy atom. The summed E-state index contributed by atoms with van der Waals surface area (Å²) in [5, 5.41) is 7.40. The molecule has 4 aliphatic rings. The molecule has 230 valence electrons. The number of hydrogen-bond donors (Lipinski definition) is 2. The van der Waals surface area contributed by atoms with E-state index in [1.165, 1.54) is 23.4 Å². The molecule has 3 aliphatic carbocycles. The number of anilines is 1. The molecule has 3 aromatic rings. The molecule has 1 aliphatic heterocycles. The van der Waals surface area contributed by atoms with Gasteiger partial charge in [0, 0.05) is 37.4 Å². The summed E-state index contributed by atoms with van der Waals surface area (Å²) in [6.45, 7) is 11.0. The van der Waals surface area contributed by atoms with Gasteiger partial charge in [-0.25, -0.2) is 23.1 Å². The van der Waals surface area contributed by atoms with Gasteiger partial charge in [-0.05, 0) is 79.2 Å². The van der Waals surface area contributed by atoms with Crippen LogP contribution in [0.1, 0.15) is 52.1 Å². The first-order chi connectivity index (χ1) is 20.5. The van der Waals surface area contributed by atoms with Gasteiger partial charge >= 0.3 is 0 Å². The number of aliphatic imine (C=N–C) groups is 1. The lowest BCUT2D eigenvalue weighted by Crippen LogP contribution is -2.57. The number of guanidine groups is 1. The van der Waals surface area contributed by atoms with E-state index in [2.05, 4.69) is 48.2 Å². The van der Waals surface area contributed by atoms with Crippen molar-refractivity contribution in [2.45, 2.75) is 65.1 Å². The highest BCUT2D eigenvalue weighted by molar-refractivity contribution is 5.96. The highest BCUT2D eigenvalue weighted by Gasteiger charge is 2.56. The van der Waals surface area contributed by atoms with Gasteiger partial charge in [-0.2, -0.15) is 0 Å². The Hall–Kier alpha value is -3.40. The number of piperazine rings is 1. The number of nitrogens with zero attached hydrogens (tertiary/aromatic N) is 4.